The molecule has 0 heterocycles. The van der Waals surface area contributed by atoms with Crippen molar-refractivity contribution >= 4 is 40.7 Å². The highest BCUT2D eigenvalue weighted by Crippen LogP contribution is 2.23. The highest BCUT2D eigenvalue weighted by atomic mass is 35.5. The van der Waals surface area contributed by atoms with Gasteiger partial charge in [0, 0.05) is 0 Å². The molecular formula is C9H9ClN2S. The van der Waals surface area contributed by atoms with Crippen LogP contribution < -0.4 is 11.1 Å². The fourth-order valence-electron chi connectivity index (χ4n) is 0.898. The first-order valence-electron chi connectivity index (χ1n) is 3.62. The van der Waals surface area contributed by atoms with Crippen LogP contribution >= 0.6 is 23.8 Å². The van der Waals surface area contributed by atoms with Crippen LogP contribution in [0.4, 0.5) is 5.69 Å². The molecule has 0 aliphatic rings. The minimum Gasteiger partial charge on any atom is -0.376 e. The molecule has 1 aromatic rings. The lowest BCUT2D eigenvalue weighted by molar-refractivity contribution is 1.59. The first-order valence-corrected chi connectivity index (χ1v) is 4.40. The van der Waals surface area contributed by atoms with Crippen LogP contribution in [0, 0.1) is 0 Å². The van der Waals surface area contributed by atoms with Gasteiger partial charge in [0.2, 0.25) is 0 Å². The van der Waals surface area contributed by atoms with Gasteiger partial charge in [-0.25, -0.2) is 0 Å². The van der Waals surface area contributed by atoms with Crippen molar-refractivity contribution < 1.29 is 0 Å². The van der Waals surface area contributed by atoms with E-state index in [1.807, 2.05) is 12.1 Å². The largest absolute Gasteiger partial charge is 0.376 e. The molecule has 13 heavy (non-hydrogen) atoms. The summed E-state index contributed by atoms with van der Waals surface area (Å²) >= 11 is 10.6. The second-order valence-electron chi connectivity index (χ2n) is 2.43. The molecule has 0 aliphatic carbocycles. The molecule has 3 N–H and O–H groups in total. The summed E-state index contributed by atoms with van der Waals surface area (Å²) < 4.78 is 0. The number of hydrogen-bond acceptors (Lipinski definition) is 1. The van der Waals surface area contributed by atoms with Crippen LogP contribution in [0.2, 0.25) is 5.02 Å². The average molecular weight is 213 g/mol. The zero-order valence-electron chi connectivity index (χ0n) is 6.88. The van der Waals surface area contributed by atoms with Crippen LogP contribution in [-0.2, 0) is 0 Å². The second-order valence-corrected chi connectivity index (χ2v) is 3.28. The van der Waals surface area contributed by atoms with Crippen LogP contribution in [0.1, 0.15) is 5.56 Å². The number of benzene rings is 1. The Bertz CT molecular complexity index is 349. The topological polar surface area (TPSA) is 38.0 Å². The van der Waals surface area contributed by atoms with E-state index in [9.17, 15) is 0 Å². The lowest BCUT2D eigenvalue weighted by Gasteiger charge is -2.06. The average Bonchev–Trinajstić information content (AvgIpc) is 2.08. The van der Waals surface area contributed by atoms with Gasteiger partial charge >= 0.3 is 0 Å². The van der Waals surface area contributed by atoms with E-state index in [1.54, 1.807) is 12.1 Å². The third-order valence-electron chi connectivity index (χ3n) is 1.48. The van der Waals surface area contributed by atoms with Gasteiger partial charge in [0.15, 0.2) is 5.11 Å². The molecule has 0 spiro atoms. The Morgan fingerprint density at radius 3 is 2.85 bits per heavy atom. The number of nitrogens with two attached hydrogens (primary N) is 1. The van der Waals surface area contributed by atoms with Gasteiger partial charge in [-0.1, -0.05) is 30.3 Å². The number of halogens is 1. The van der Waals surface area contributed by atoms with Gasteiger partial charge < -0.3 is 11.1 Å². The Hall–Kier alpha value is -1.06. The van der Waals surface area contributed by atoms with E-state index in [0.717, 1.165) is 5.56 Å². The Kier molecular flexibility index (Phi) is 3.28. The maximum Gasteiger partial charge on any atom is 0.168 e. The van der Waals surface area contributed by atoms with Gasteiger partial charge in [-0.2, -0.15) is 0 Å². The molecule has 0 saturated carbocycles. The molecule has 2 nitrogen and oxygen atoms in total. The first kappa shape index (κ1) is 10.0. The number of rotatable bonds is 2. The SMILES string of the molecule is C=Cc1ccc(Cl)c(NC(N)=S)c1. The fourth-order valence-corrected chi connectivity index (χ4v) is 1.17. The van der Waals surface area contributed by atoms with Crippen molar-refractivity contribution in [3.63, 3.8) is 0 Å². The standard InChI is InChI=1S/C9H9ClN2S/c1-2-6-3-4-7(10)8(5-6)12-9(11)13/h2-5H,1H2,(H3,11,12,13). The summed E-state index contributed by atoms with van der Waals surface area (Å²) in [6, 6.07) is 5.45. The van der Waals surface area contributed by atoms with E-state index in [2.05, 4.69) is 11.9 Å². The van der Waals surface area contributed by atoms with Crippen molar-refractivity contribution in [3.05, 3.63) is 35.4 Å². The summed E-state index contributed by atoms with van der Waals surface area (Å²) in [6.45, 7) is 3.65. The van der Waals surface area contributed by atoms with E-state index in [-0.39, 0.29) is 5.11 Å². The molecule has 0 atom stereocenters. The van der Waals surface area contributed by atoms with Gasteiger partial charge in [0.1, 0.15) is 0 Å². The molecule has 0 aromatic heterocycles. The predicted octanol–water partition coefficient (Wildman–Crippen LogP) is 2.64. The molecular weight excluding hydrogens is 204 g/mol. The zero-order chi connectivity index (χ0) is 9.84. The summed E-state index contributed by atoms with van der Waals surface area (Å²) in [5.41, 5.74) is 6.98. The Morgan fingerprint density at radius 2 is 2.31 bits per heavy atom. The molecule has 0 radical (unpaired) electrons. The molecule has 4 heteroatoms. The van der Waals surface area contributed by atoms with Crippen molar-refractivity contribution in [2.24, 2.45) is 5.73 Å². The van der Waals surface area contributed by atoms with Gasteiger partial charge in [0.25, 0.3) is 0 Å². The summed E-state index contributed by atoms with van der Waals surface area (Å²) in [5, 5.41) is 3.56. The number of nitrogens with one attached hydrogen (secondary N) is 1. The molecule has 68 valence electrons. The molecule has 0 unspecified atom stereocenters. The lowest BCUT2D eigenvalue weighted by atomic mass is 10.2. The van der Waals surface area contributed by atoms with Crippen LogP contribution in [0.3, 0.4) is 0 Å². The highest BCUT2D eigenvalue weighted by Gasteiger charge is 2.00. The normalized spacial score (nSPS) is 9.31. The fraction of sp³-hybridized carbons (Fsp3) is 0. The smallest absolute Gasteiger partial charge is 0.168 e. The summed E-state index contributed by atoms with van der Waals surface area (Å²) in [5.74, 6) is 0. The highest BCUT2D eigenvalue weighted by molar-refractivity contribution is 7.80. The lowest BCUT2D eigenvalue weighted by Crippen LogP contribution is -2.19. The number of hydrogen-bond donors (Lipinski definition) is 2. The van der Waals surface area contributed by atoms with E-state index in [1.165, 1.54) is 0 Å². The van der Waals surface area contributed by atoms with Crippen molar-refractivity contribution in [2.45, 2.75) is 0 Å². The van der Waals surface area contributed by atoms with Crippen LogP contribution in [0.5, 0.6) is 0 Å². The number of anilines is 1. The quantitative estimate of drug-likeness (QED) is 0.741. The Labute approximate surface area is 87.4 Å². The van der Waals surface area contributed by atoms with Crippen LogP contribution in [0.15, 0.2) is 24.8 Å². The maximum atomic E-state index is 5.89. The molecule has 0 bridgehead atoms. The molecule has 0 saturated heterocycles. The Balaban J connectivity index is 3.03. The van der Waals surface area contributed by atoms with E-state index < -0.39 is 0 Å². The molecule has 0 amide bonds. The first-order chi connectivity index (χ1) is 6.13. The van der Waals surface area contributed by atoms with Crippen molar-refractivity contribution in [3.8, 4) is 0 Å². The Morgan fingerprint density at radius 1 is 1.62 bits per heavy atom. The van der Waals surface area contributed by atoms with Crippen LogP contribution in [-0.4, -0.2) is 5.11 Å². The monoisotopic (exact) mass is 212 g/mol. The summed E-state index contributed by atoms with van der Waals surface area (Å²) in [4.78, 5) is 0. The van der Waals surface area contributed by atoms with Crippen molar-refractivity contribution in [2.75, 3.05) is 5.32 Å². The van der Waals surface area contributed by atoms with Crippen LogP contribution in [0.25, 0.3) is 6.08 Å². The third-order valence-corrected chi connectivity index (χ3v) is 1.92. The molecule has 0 fully saturated rings. The second kappa shape index (κ2) is 4.25. The van der Waals surface area contributed by atoms with Crippen molar-refractivity contribution in [1.82, 2.24) is 0 Å². The molecule has 0 aliphatic heterocycles. The predicted molar refractivity (Wildman–Crippen MR) is 62.0 cm³/mol. The summed E-state index contributed by atoms with van der Waals surface area (Å²) in [7, 11) is 0. The maximum absolute atomic E-state index is 5.89. The minimum atomic E-state index is 0.197. The third kappa shape index (κ3) is 2.72. The van der Waals surface area contributed by atoms with Crippen molar-refractivity contribution in [1.29, 1.82) is 0 Å². The van der Waals surface area contributed by atoms with E-state index in [0.29, 0.717) is 10.7 Å². The van der Waals surface area contributed by atoms with E-state index in [4.69, 9.17) is 29.6 Å². The number of thiocarbonyl (C=S) groups is 1. The van der Waals surface area contributed by atoms with Gasteiger partial charge in [0.05, 0.1) is 10.7 Å². The molecule has 1 rings (SSSR count). The van der Waals surface area contributed by atoms with Gasteiger partial charge in [-0.3, -0.25) is 0 Å². The molecule has 1 aromatic carbocycles. The zero-order valence-corrected chi connectivity index (χ0v) is 8.45. The minimum absolute atomic E-state index is 0.197. The summed E-state index contributed by atoms with van der Waals surface area (Å²) in [6.07, 6.45) is 1.72. The van der Waals surface area contributed by atoms with Gasteiger partial charge in [-0.15, -0.1) is 0 Å². The van der Waals surface area contributed by atoms with E-state index >= 15 is 0 Å². The van der Waals surface area contributed by atoms with Gasteiger partial charge in [-0.05, 0) is 29.9 Å².